The average Bonchev–Trinajstić information content (AvgIpc) is 2.97. The lowest BCUT2D eigenvalue weighted by Crippen LogP contribution is -2.35. The Balaban J connectivity index is 1.54. The van der Waals surface area contributed by atoms with Gasteiger partial charge in [-0.25, -0.2) is 9.18 Å². The molecule has 2 aliphatic heterocycles. The predicted molar refractivity (Wildman–Crippen MR) is 145 cm³/mol. The molecule has 4 aromatic rings. The Morgan fingerprint density at radius 3 is 2.35 bits per heavy atom. The van der Waals surface area contributed by atoms with Crippen LogP contribution < -0.4 is 9.64 Å². The van der Waals surface area contributed by atoms with E-state index in [1.807, 2.05) is 48.6 Å². The number of esters is 1. The fraction of sp³-hybridized carbons (Fsp3) is 0.219. The van der Waals surface area contributed by atoms with E-state index in [9.17, 15) is 9.18 Å². The standard InChI is InChI=1S/C32H28FNO3/c1-36-31(35)28-21-27-25(11-8-12-29(27)33)30-26(28)17-18-32(37-30,22-9-4-2-5-10-22)23-13-15-24(16-14-23)34-19-6-3-7-20-34/h2,4-5,8-18,21H,3,6-7,19-20H2,1H3. The van der Waals surface area contributed by atoms with E-state index >= 15 is 0 Å². The second kappa shape index (κ2) is 9.40. The van der Waals surface area contributed by atoms with Crippen LogP contribution in [0.3, 0.4) is 0 Å². The average molecular weight is 494 g/mol. The van der Waals surface area contributed by atoms with Crippen LogP contribution in [-0.4, -0.2) is 26.2 Å². The first-order valence-electron chi connectivity index (χ1n) is 12.7. The van der Waals surface area contributed by atoms with Crippen molar-refractivity contribution in [3.05, 3.63) is 113 Å². The largest absolute Gasteiger partial charge is 0.472 e. The summed E-state index contributed by atoms with van der Waals surface area (Å²) in [5.74, 6) is -0.489. The van der Waals surface area contributed by atoms with Crippen LogP contribution >= 0.6 is 0 Å². The molecular weight excluding hydrogens is 465 g/mol. The first kappa shape index (κ1) is 23.3. The van der Waals surface area contributed by atoms with Gasteiger partial charge in [0.15, 0.2) is 5.60 Å². The molecular formula is C32H28FNO3. The molecule has 0 spiro atoms. The highest BCUT2D eigenvalue weighted by molar-refractivity contribution is 6.04. The van der Waals surface area contributed by atoms with Gasteiger partial charge in [0.25, 0.3) is 0 Å². The van der Waals surface area contributed by atoms with E-state index < -0.39 is 17.4 Å². The molecule has 0 saturated carbocycles. The molecule has 1 atom stereocenters. The minimum atomic E-state index is -0.956. The van der Waals surface area contributed by atoms with Crippen LogP contribution in [0.1, 0.15) is 46.3 Å². The summed E-state index contributed by atoms with van der Waals surface area (Å²) in [4.78, 5) is 15.1. The Labute approximate surface area is 215 Å². The molecule has 0 aliphatic carbocycles. The predicted octanol–water partition coefficient (Wildman–Crippen LogP) is 7.11. The van der Waals surface area contributed by atoms with E-state index in [-0.39, 0.29) is 5.56 Å². The maximum absolute atomic E-state index is 14.9. The maximum atomic E-state index is 14.9. The highest BCUT2D eigenvalue weighted by atomic mass is 19.1. The minimum Gasteiger partial charge on any atom is -0.472 e. The van der Waals surface area contributed by atoms with E-state index in [1.54, 1.807) is 12.1 Å². The fourth-order valence-electron chi connectivity index (χ4n) is 5.56. The number of methoxy groups -OCH3 is 1. The van der Waals surface area contributed by atoms with Crippen LogP contribution in [-0.2, 0) is 10.3 Å². The molecule has 2 aliphatic rings. The van der Waals surface area contributed by atoms with Crippen molar-refractivity contribution in [3.63, 3.8) is 0 Å². The SMILES string of the molecule is COC(=O)c1cc2c(F)cccc2c2c1C=CC(c1ccccc1)(c1ccc(N3CCCCC3)cc1)O2. The van der Waals surface area contributed by atoms with Crippen molar-refractivity contribution in [1.82, 2.24) is 0 Å². The lowest BCUT2D eigenvalue weighted by atomic mass is 9.82. The van der Waals surface area contributed by atoms with E-state index in [4.69, 9.17) is 9.47 Å². The van der Waals surface area contributed by atoms with Crippen LogP contribution in [0.2, 0.25) is 0 Å². The Morgan fingerprint density at radius 2 is 1.62 bits per heavy atom. The Kier molecular flexibility index (Phi) is 5.91. The Morgan fingerprint density at radius 1 is 0.892 bits per heavy atom. The molecule has 1 fully saturated rings. The van der Waals surface area contributed by atoms with E-state index in [0.717, 1.165) is 24.2 Å². The summed E-state index contributed by atoms with van der Waals surface area (Å²) in [5.41, 5.74) is 3.00. The van der Waals surface area contributed by atoms with Gasteiger partial charge in [0.2, 0.25) is 0 Å². The normalized spacial score (nSPS) is 18.8. The number of carbonyl (C=O) groups is 1. The number of hydrogen-bond acceptors (Lipinski definition) is 4. The lowest BCUT2D eigenvalue weighted by Gasteiger charge is -2.37. The zero-order valence-electron chi connectivity index (χ0n) is 20.7. The molecule has 186 valence electrons. The first-order chi connectivity index (χ1) is 18.1. The number of anilines is 1. The zero-order chi connectivity index (χ0) is 25.4. The van der Waals surface area contributed by atoms with E-state index in [1.165, 1.54) is 38.1 Å². The van der Waals surface area contributed by atoms with Crippen LogP contribution in [0.25, 0.3) is 16.8 Å². The van der Waals surface area contributed by atoms with Gasteiger partial charge in [0, 0.05) is 46.2 Å². The molecule has 0 aromatic heterocycles. The number of piperidine rings is 1. The third-order valence-electron chi connectivity index (χ3n) is 7.49. The van der Waals surface area contributed by atoms with Gasteiger partial charge in [0.1, 0.15) is 11.6 Å². The molecule has 6 rings (SSSR count). The highest BCUT2D eigenvalue weighted by Gasteiger charge is 2.39. The lowest BCUT2D eigenvalue weighted by molar-refractivity contribution is 0.0599. The third-order valence-corrected chi connectivity index (χ3v) is 7.49. The molecule has 1 saturated heterocycles. The van der Waals surface area contributed by atoms with Crippen LogP contribution in [0.5, 0.6) is 5.75 Å². The second-order valence-corrected chi connectivity index (χ2v) is 9.63. The molecule has 0 N–H and O–H groups in total. The van der Waals surface area contributed by atoms with Gasteiger partial charge in [0.05, 0.1) is 12.7 Å². The van der Waals surface area contributed by atoms with Crippen molar-refractivity contribution in [1.29, 1.82) is 0 Å². The van der Waals surface area contributed by atoms with Gasteiger partial charge in [-0.2, -0.15) is 0 Å². The topological polar surface area (TPSA) is 38.8 Å². The summed E-state index contributed by atoms with van der Waals surface area (Å²) in [6.45, 7) is 2.14. The summed E-state index contributed by atoms with van der Waals surface area (Å²) >= 11 is 0. The van der Waals surface area contributed by atoms with Crippen LogP contribution in [0.15, 0.2) is 84.9 Å². The van der Waals surface area contributed by atoms with Crippen molar-refractivity contribution < 1.29 is 18.7 Å². The Hall–Kier alpha value is -4.12. The van der Waals surface area contributed by atoms with Crippen molar-refractivity contribution >= 4 is 28.5 Å². The number of nitrogens with zero attached hydrogens (tertiary/aromatic N) is 1. The molecule has 0 bridgehead atoms. The number of benzene rings is 4. The van der Waals surface area contributed by atoms with Crippen molar-refractivity contribution in [2.75, 3.05) is 25.1 Å². The number of rotatable bonds is 4. The molecule has 2 heterocycles. The number of hydrogen-bond donors (Lipinski definition) is 0. The van der Waals surface area contributed by atoms with Gasteiger partial charge >= 0.3 is 5.97 Å². The van der Waals surface area contributed by atoms with Crippen molar-refractivity contribution in [2.24, 2.45) is 0 Å². The van der Waals surface area contributed by atoms with Crippen molar-refractivity contribution in [3.8, 4) is 5.75 Å². The van der Waals surface area contributed by atoms with Gasteiger partial charge < -0.3 is 14.4 Å². The number of halogens is 1. The van der Waals surface area contributed by atoms with Gasteiger partial charge in [-0.05, 0) is 55.7 Å². The summed E-state index contributed by atoms with van der Waals surface area (Å²) in [6.07, 6.45) is 7.60. The maximum Gasteiger partial charge on any atom is 0.338 e. The molecule has 1 unspecified atom stereocenters. The summed E-state index contributed by atoms with van der Waals surface area (Å²) in [6, 6.07) is 24.9. The fourth-order valence-corrected chi connectivity index (χ4v) is 5.56. The van der Waals surface area contributed by atoms with Crippen molar-refractivity contribution in [2.45, 2.75) is 24.9 Å². The number of fused-ring (bicyclic) bond motifs is 3. The molecule has 0 amide bonds. The summed E-state index contributed by atoms with van der Waals surface area (Å²) in [5, 5.41) is 0.927. The van der Waals surface area contributed by atoms with E-state index in [0.29, 0.717) is 22.1 Å². The monoisotopic (exact) mass is 493 g/mol. The quantitative estimate of drug-likeness (QED) is 0.284. The smallest absolute Gasteiger partial charge is 0.338 e. The van der Waals surface area contributed by atoms with Gasteiger partial charge in [-0.3, -0.25) is 0 Å². The molecule has 37 heavy (non-hydrogen) atoms. The van der Waals surface area contributed by atoms with Crippen LogP contribution in [0.4, 0.5) is 10.1 Å². The number of carbonyl (C=O) groups excluding carboxylic acids is 1. The van der Waals surface area contributed by atoms with E-state index in [2.05, 4.69) is 29.2 Å². The minimum absolute atomic E-state index is 0.272. The summed E-state index contributed by atoms with van der Waals surface area (Å²) in [7, 11) is 1.33. The molecule has 4 nitrogen and oxygen atoms in total. The second-order valence-electron chi connectivity index (χ2n) is 9.63. The first-order valence-corrected chi connectivity index (χ1v) is 12.7. The van der Waals surface area contributed by atoms with Gasteiger partial charge in [-0.15, -0.1) is 0 Å². The Bertz CT molecular complexity index is 1490. The molecule has 0 radical (unpaired) electrons. The molecule has 4 aromatic carbocycles. The highest BCUT2D eigenvalue weighted by Crippen LogP contribution is 2.47. The molecule has 5 heteroatoms. The third kappa shape index (κ3) is 3.95. The van der Waals surface area contributed by atoms with Crippen LogP contribution in [0, 0.1) is 5.82 Å². The number of ether oxygens (including phenoxy) is 2. The van der Waals surface area contributed by atoms with Gasteiger partial charge in [-0.1, -0.05) is 54.6 Å². The zero-order valence-corrected chi connectivity index (χ0v) is 20.7. The summed E-state index contributed by atoms with van der Waals surface area (Å²) < 4.78 is 26.9.